The van der Waals surface area contributed by atoms with E-state index in [9.17, 15) is 25.1 Å². The molecule has 1 aliphatic rings. The first-order chi connectivity index (χ1) is 14.8. The van der Waals surface area contributed by atoms with Crippen molar-refractivity contribution in [1.29, 1.82) is 0 Å². The molecule has 1 saturated heterocycles. The number of aromatic hydroxyl groups is 2. The van der Waals surface area contributed by atoms with Crippen molar-refractivity contribution < 1.29 is 19.9 Å². The first-order valence-corrected chi connectivity index (χ1v) is 10.1. The second kappa shape index (κ2) is 8.17. The summed E-state index contributed by atoms with van der Waals surface area (Å²) in [5, 5.41) is 38.0. The number of hydrogen-bond donors (Lipinski definition) is 2. The lowest BCUT2D eigenvalue weighted by molar-refractivity contribution is -0.384. The van der Waals surface area contributed by atoms with Crippen LogP contribution in [0.4, 0.5) is 5.69 Å². The van der Waals surface area contributed by atoms with Gasteiger partial charge >= 0.3 is 0 Å². The van der Waals surface area contributed by atoms with Crippen molar-refractivity contribution in [2.75, 3.05) is 0 Å². The normalized spacial score (nSPS) is 15.5. The van der Waals surface area contributed by atoms with E-state index >= 15 is 0 Å². The lowest BCUT2D eigenvalue weighted by atomic mass is 10.0. The Kier molecular flexibility index (Phi) is 5.40. The second-order valence-electron chi connectivity index (χ2n) is 6.46. The SMILES string of the molecule is O=C1C(=Cc2cc([N+](=O)[O-])ccc2O)SC(=S)N1N=Cc1c(O)ccc2ccccc12. The van der Waals surface area contributed by atoms with E-state index < -0.39 is 10.8 Å². The van der Waals surface area contributed by atoms with Gasteiger partial charge in [-0.05, 0) is 41.2 Å². The van der Waals surface area contributed by atoms with Gasteiger partial charge in [0.1, 0.15) is 11.5 Å². The van der Waals surface area contributed by atoms with Gasteiger partial charge < -0.3 is 10.2 Å². The van der Waals surface area contributed by atoms with Gasteiger partial charge in [-0.15, -0.1) is 0 Å². The van der Waals surface area contributed by atoms with Gasteiger partial charge in [-0.25, -0.2) is 0 Å². The maximum Gasteiger partial charge on any atom is 0.286 e. The molecule has 31 heavy (non-hydrogen) atoms. The summed E-state index contributed by atoms with van der Waals surface area (Å²) in [7, 11) is 0. The van der Waals surface area contributed by atoms with E-state index in [4.69, 9.17) is 12.2 Å². The summed E-state index contributed by atoms with van der Waals surface area (Å²) in [4.78, 5) is 23.3. The first kappa shape index (κ1) is 20.5. The largest absolute Gasteiger partial charge is 0.507 e. The zero-order valence-corrected chi connectivity index (χ0v) is 17.3. The van der Waals surface area contributed by atoms with Gasteiger partial charge in [0.15, 0.2) is 4.32 Å². The van der Waals surface area contributed by atoms with Crippen LogP contribution in [0.1, 0.15) is 11.1 Å². The number of carbonyl (C=O) groups excluding carboxylic acids is 1. The highest BCUT2D eigenvalue weighted by Crippen LogP contribution is 2.35. The Morgan fingerprint density at radius 2 is 1.84 bits per heavy atom. The Hall–Kier alpha value is -3.76. The number of nitro groups is 1. The molecule has 1 amide bonds. The van der Waals surface area contributed by atoms with Gasteiger partial charge in [-0.2, -0.15) is 10.1 Å². The van der Waals surface area contributed by atoms with E-state index in [0.29, 0.717) is 5.56 Å². The molecule has 3 aromatic carbocycles. The molecule has 1 fully saturated rings. The summed E-state index contributed by atoms with van der Waals surface area (Å²) in [6.07, 6.45) is 2.68. The minimum atomic E-state index is -0.594. The number of thiocarbonyl (C=S) groups is 1. The lowest BCUT2D eigenvalue weighted by Gasteiger charge is -2.08. The van der Waals surface area contributed by atoms with Crippen molar-refractivity contribution in [3.63, 3.8) is 0 Å². The van der Waals surface area contributed by atoms with E-state index in [1.54, 1.807) is 12.1 Å². The number of phenolic OH excluding ortho intramolecular Hbond substituents is 2. The highest BCUT2D eigenvalue weighted by atomic mass is 32.2. The molecule has 2 N–H and O–H groups in total. The van der Waals surface area contributed by atoms with Crippen LogP contribution >= 0.6 is 24.0 Å². The fraction of sp³-hybridized carbons (Fsp3) is 0. The quantitative estimate of drug-likeness (QED) is 0.199. The molecule has 1 aliphatic heterocycles. The molecular weight excluding hydrogens is 438 g/mol. The Balaban J connectivity index is 1.66. The topological polar surface area (TPSA) is 116 Å². The van der Waals surface area contributed by atoms with Crippen LogP contribution < -0.4 is 0 Å². The third-order valence-corrected chi connectivity index (χ3v) is 5.81. The predicted octanol–water partition coefficient (Wildman–Crippen LogP) is 4.39. The summed E-state index contributed by atoms with van der Waals surface area (Å²) in [6, 6.07) is 14.2. The number of carbonyl (C=O) groups is 1. The summed E-state index contributed by atoms with van der Waals surface area (Å²) in [5.41, 5.74) is 0.335. The van der Waals surface area contributed by atoms with E-state index in [-0.39, 0.29) is 32.0 Å². The predicted molar refractivity (Wildman–Crippen MR) is 123 cm³/mol. The number of phenols is 2. The fourth-order valence-electron chi connectivity index (χ4n) is 3.01. The molecule has 0 aliphatic carbocycles. The van der Waals surface area contributed by atoms with Crippen LogP contribution in [0.5, 0.6) is 11.5 Å². The smallest absolute Gasteiger partial charge is 0.286 e. The minimum absolute atomic E-state index is 0.00458. The number of nitrogens with zero attached hydrogens (tertiary/aromatic N) is 3. The molecular formula is C21H13N3O5S2. The van der Waals surface area contributed by atoms with Crippen LogP contribution in [0, 0.1) is 10.1 Å². The number of rotatable bonds is 4. The minimum Gasteiger partial charge on any atom is -0.507 e. The van der Waals surface area contributed by atoms with Gasteiger partial charge in [-0.1, -0.05) is 42.1 Å². The van der Waals surface area contributed by atoms with E-state index in [1.165, 1.54) is 30.5 Å². The third-order valence-electron chi connectivity index (χ3n) is 4.53. The third kappa shape index (κ3) is 3.98. The van der Waals surface area contributed by atoms with E-state index in [2.05, 4.69) is 5.10 Å². The molecule has 4 rings (SSSR count). The average Bonchev–Trinajstić information content (AvgIpc) is 3.01. The van der Waals surface area contributed by atoms with Crippen molar-refractivity contribution in [3.8, 4) is 11.5 Å². The molecule has 0 spiro atoms. The van der Waals surface area contributed by atoms with Gasteiger partial charge in [0, 0.05) is 23.3 Å². The van der Waals surface area contributed by atoms with Crippen LogP contribution in [0.2, 0.25) is 0 Å². The van der Waals surface area contributed by atoms with Crippen LogP contribution in [-0.2, 0) is 4.79 Å². The highest BCUT2D eigenvalue weighted by molar-refractivity contribution is 8.26. The highest BCUT2D eigenvalue weighted by Gasteiger charge is 2.32. The van der Waals surface area contributed by atoms with Crippen LogP contribution in [0.3, 0.4) is 0 Å². The Labute approximate surface area is 185 Å². The Bertz CT molecular complexity index is 1320. The van der Waals surface area contributed by atoms with Gasteiger partial charge in [0.25, 0.3) is 11.6 Å². The lowest BCUT2D eigenvalue weighted by Crippen LogP contribution is -2.22. The van der Waals surface area contributed by atoms with Crippen LogP contribution in [0.15, 0.2) is 64.6 Å². The molecule has 3 aromatic rings. The summed E-state index contributed by atoms with van der Waals surface area (Å²) < 4.78 is 0.150. The van der Waals surface area contributed by atoms with Gasteiger partial charge in [-0.3, -0.25) is 14.9 Å². The number of thioether (sulfide) groups is 1. The number of hydrogen-bond acceptors (Lipinski definition) is 8. The molecule has 0 saturated carbocycles. The van der Waals surface area contributed by atoms with Crippen LogP contribution in [-0.4, -0.2) is 36.6 Å². The standard InChI is InChI=1S/C21H13N3O5S2/c25-17-8-6-14(24(28)29)9-13(17)10-19-20(27)23(21(30)31-19)22-11-16-15-4-2-1-3-12(15)5-7-18(16)26/h1-11,25-26H. The zero-order chi connectivity index (χ0) is 22.1. The number of amides is 1. The van der Waals surface area contributed by atoms with Gasteiger partial charge in [0.05, 0.1) is 16.0 Å². The van der Waals surface area contributed by atoms with Gasteiger partial charge in [0.2, 0.25) is 0 Å². The number of hydrazone groups is 1. The Morgan fingerprint density at radius 3 is 2.61 bits per heavy atom. The van der Waals surface area contributed by atoms with Crippen molar-refractivity contribution in [2.24, 2.45) is 5.10 Å². The maximum absolute atomic E-state index is 12.8. The molecule has 1 heterocycles. The molecule has 10 heteroatoms. The summed E-state index contributed by atoms with van der Waals surface area (Å²) in [5.74, 6) is -0.748. The average molecular weight is 451 g/mol. The maximum atomic E-state index is 12.8. The molecule has 0 atom stereocenters. The summed E-state index contributed by atoms with van der Waals surface area (Å²) >= 11 is 6.19. The van der Waals surface area contributed by atoms with E-state index in [1.807, 2.05) is 24.3 Å². The number of benzene rings is 3. The zero-order valence-electron chi connectivity index (χ0n) is 15.6. The van der Waals surface area contributed by atoms with Crippen molar-refractivity contribution >= 4 is 63.0 Å². The van der Waals surface area contributed by atoms with Crippen molar-refractivity contribution in [2.45, 2.75) is 0 Å². The van der Waals surface area contributed by atoms with Crippen molar-refractivity contribution in [3.05, 3.63) is 80.7 Å². The first-order valence-electron chi connectivity index (χ1n) is 8.85. The number of fused-ring (bicyclic) bond motifs is 1. The summed E-state index contributed by atoms with van der Waals surface area (Å²) in [6.45, 7) is 0. The molecule has 0 bridgehead atoms. The van der Waals surface area contributed by atoms with Crippen molar-refractivity contribution in [1.82, 2.24) is 5.01 Å². The number of non-ortho nitro benzene ring substituents is 1. The number of nitro benzene ring substituents is 1. The molecule has 0 unspecified atom stereocenters. The Morgan fingerprint density at radius 1 is 1.10 bits per heavy atom. The molecule has 0 aromatic heterocycles. The monoisotopic (exact) mass is 451 g/mol. The van der Waals surface area contributed by atoms with Crippen LogP contribution in [0.25, 0.3) is 16.8 Å². The second-order valence-corrected chi connectivity index (χ2v) is 8.13. The molecule has 8 nitrogen and oxygen atoms in total. The van der Waals surface area contributed by atoms with E-state index in [0.717, 1.165) is 27.5 Å². The molecule has 154 valence electrons. The molecule has 0 radical (unpaired) electrons. The fourth-order valence-corrected chi connectivity index (χ4v) is 4.17.